The van der Waals surface area contributed by atoms with Gasteiger partial charge in [0.2, 0.25) is 0 Å². The van der Waals surface area contributed by atoms with Crippen LogP contribution in [-0.2, 0) is 17.7 Å². The molecule has 260 valence electrons. The van der Waals surface area contributed by atoms with Crippen molar-refractivity contribution < 1.29 is 18.0 Å². The summed E-state index contributed by atoms with van der Waals surface area (Å²) in [5.41, 5.74) is 6.34. The Hall–Kier alpha value is -4.08. The van der Waals surface area contributed by atoms with Crippen molar-refractivity contribution in [3.05, 3.63) is 118 Å². The minimum atomic E-state index is -0.454. The van der Waals surface area contributed by atoms with Crippen LogP contribution in [0.1, 0.15) is 62.6 Å². The van der Waals surface area contributed by atoms with Crippen molar-refractivity contribution in [3.8, 4) is 0 Å². The van der Waals surface area contributed by atoms with Crippen LogP contribution in [0.15, 0.2) is 93.2 Å². The second-order valence-corrected chi connectivity index (χ2v) is 14.5. The van der Waals surface area contributed by atoms with E-state index in [1.807, 2.05) is 42.5 Å². The third kappa shape index (κ3) is 9.76. The number of hydrogen-bond acceptors (Lipinski definition) is 6. The van der Waals surface area contributed by atoms with Gasteiger partial charge in [0.1, 0.15) is 11.6 Å². The van der Waals surface area contributed by atoms with Crippen LogP contribution in [0.25, 0.3) is 11.1 Å². The number of oxime groups is 1. The summed E-state index contributed by atoms with van der Waals surface area (Å²) >= 11 is 0. The van der Waals surface area contributed by atoms with E-state index in [1.165, 1.54) is 42.6 Å². The number of halogens is 2. The number of aromatic nitrogens is 1. The Morgan fingerprint density at radius 3 is 1.98 bits per heavy atom. The van der Waals surface area contributed by atoms with E-state index in [2.05, 4.69) is 40.4 Å². The normalized spacial score (nSPS) is 20.9. The van der Waals surface area contributed by atoms with Gasteiger partial charge in [-0.15, -0.1) is 0 Å². The van der Waals surface area contributed by atoms with Gasteiger partial charge in [0.25, 0.3) is 0 Å². The molecule has 2 fully saturated rings. The summed E-state index contributed by atoms with van der Waals surface area (Å²) in [6.07, 6.45) is 7.54. The maximum absolute atomic E-state index is 13.1. The smallest absolute Gasteiger partial charge is 0.408 e. The molecule has 7 rings (SSSR count). The fourth-order valence-electron chi connectivity index (χ4n) is 7.41. The van der Waals surface area contributed by atoms with E-state index in [0.717, 1.165) is 69.1 Å². The fourth-order valence-corrected chi connectivity index (χ4v) is 7.41. The third-order valence-electron chi connectivity index (χ3n) is 10.0. The molecule has 4 aromatic rings. The third-order valence-corrected chi connectivity index (χ3v) is 10.0. The summed E-state index contributed by atoms with van der Waals surface area (Å²) < 4.78 is 31.1. The Kier molecular flexibility index (Phi) is 11.1. The molecule has 1 N–H and O–H groups in total. The predicted molar refractivity (Wildman–Crippen MR) is 191 cm³/mol. The van der Waals surface area contributed by atoms with Gasteiger partial charge in [-0.1, -0.05) is 47.6 Å². The maximum Gasteiger partial charge on any atom is 0.417 e. The highest BCUT2D eigenvalue weighted by atomic mass is 19.1. The number of fused-ring (bicyclic) bond motifs is 1. The number of H-pyrrole nitrogens is 1. The van der Waals surface area contributed by atoms with Crippen LogP contribution in [-0.4, -0.2) is 65.4 Å². The molecular formula is C40H48F2N4O3. The molecule has 0 aliphatic carbocycles. The SMILES string of the molecule is C=C(C)CN1CCC(Cc2ccc(F)cc2)CC1.CC1(CN2CCC(Cc3ccc(F)cc3)CC2)CC(c2ccc3[nH]c(=O)oc3c2)=NO1. The minimum Gasteiger partial charge on any atom is -0.408 e. The summed E-state index contributed by atoms with van der Waals surface area (Å²) in [5.74, 6) is 0.604. The van der Waals surface area contributed by atoms with Gasteiger partial charge in [0.05, 0.1) is 11.2 Å². The molecule has 3 aromatic carbocycles. The summed E-state index contributed by atoms with van der Waals surface area (Å²) in [5, 5.41) is 4.35. The Morgan fingerprint density at radius 2 is 1.43 bits per heavy atom. The average Bonchev–Trinajstić information content (AvgIpc) is 3.66. The van der Waals surface area contributed by atoms with Crippen LogP contribution in [0.2, 0.25) is 0 Å². The Labute approximate surface area is 287 Å². The van der Waals surface area contributed by atoms with E-state index in [9.17, 15) is 13.6 Å². The van der Waals surface area contributed by atoms with Crippen molar-refractivity contribution in [2.24, 2.45) is 17.0 Å². The summed E-state index contributed by atoms with van der Waals surface area (Å²) in [4.78, 5) is 24.8. The van der Waals surface area contributed by atoms with E-state index >= 15 is 0 Å². The molecule has 0 bridgehead atoms. The zero-order chi connectivity index (χ0) is 34.4. The molecule has 0 spiro atoms. The van der Waals surface area contributed by atoms with Crippen molar-refractivity contribution in [3.63, 3.8) is 0 Å². The van der Waals surface area contributed by atoms with Gasteiger partial charge in [0, 0.05) is 25.1 Å². The number of likely N-dealkylation sites (tertiary alicyclic amines) is 2. The van der Waals surface area contributed by atoms with Gasteiger partial charge in [-0.05, 0) is 138 Å². The van der Waals surface area contributed by atoms with Gasteiger partial charge in [-0.25, -0.2) is 13.6 Å². The zero-order valence-electron chi connectivity index (χ0n) is 28.7. The van der Waals surface area contributed by atoms with Gasteiger partial charge >= 0.3 is 5.76 Å². The van der Waals surface area contributed by atoms with Gasteiger partial charge in [0.15, 0.2) is 11.2 Å². The van der Waals surface area contributed by atoms with Crippen LogP contribution in [0.3, 0.4) is 0 Å². The molecule has 1 atom stereocenters. The van der Waals surface area contributed by atoms with Crippen LogP contribution < -0.4 is 5.76 Å². The zero-order valence-corrected chi connectivity index (χ0v) is 28.7. The first-order valence-corrected chi connectivity index (χ1v) is 17.6. The molecule has 2 saturated heterocycles. The lowest BCUT2D eigenvalue weighted by Gasteiger charge is -2.36. The molecule has 4 heterocycles. The summed E-state index contributed by atoms with van der Waals surface area (Å²) in [7, 11) is 0. The Balaban J connectivity index is 0.000000197. The number of benzene rings is 3. The molecule has 0 radical (unpaired) electrons. The number of nitrogens with one attached hydrogen (secondary N) is 1. The number of hydrogen-bond donors (Lipinski definition) is 1. The van der Waals surface area contributed by atoms with Crippen molar-refractivity contribution >= 4 is 16.8 Å². The van der Waals surface area contributed by atoms with Gasteiger partial charge < -0.3 is 9.25 Å². The van der Waals surface area contributed by atoms with E-state index in [-0.39, 0.29) is 17.2 Å². The topological polar surface area (TPSA) is 74.1 Å². The van der Waals surface area contributed by atoms with E-state index < -0.39 is 5.76 Å². The largest absolute Gasteiger partial charge is 0.417 e. The van der Waals surface area contributed by atoms with Gasteiger partial charge in [-0.3, -0.25) is 14.8 Å². The predicted octanol–water partition coefficient (Wildman–Crippen LogP) is 7.75. The fraction of sp³-hybridized carbons (Fsp3) is 0.450. The Morgan fingerprint density at radius 1 is 0.878 bits per heavy atom. The molecule has 1 aromatic heterocycles. The average molecular weight is 671 g/mol. The van der Waals surface area contributed by atoms with Crippen molar-refractivity contribution in [1.82, 2.24) is 14.8 Å². The first-order valence-electron chi connectivity index (χ1n) is 17.6. The monoisotopic (exact) mass is 670 g/mol. The first kappa shape index (κ1) is 34.8. The van der Waals surface area contributed by atoms with E-state index in [4.69, 9.17) is 9.25 Å². The van der Waals surface area contributed by atoms with Crippen molar-refractivity contribution in [1.29, 1.82) is 0 Å². The molecule has 3 aliphatic heterocycles. The summed E-state index contributed by atoms with van der Waals surface area (Å²) in [6, 6.07) is 19.4. The summed E-state index contributed by atoms with van der Waals surface area (Å²) in [6.45, 7) is 14.4. The van der Waals surface area contributed by atoms with Crippen LogP contribution in [0.5, 0.6) is 0 Å². The lowest BCUT2D eigenvalue weighted by Crippen LogP contribution is -2.45. The molecule has 7 nitrogen and oxygen atoms in total. The van der Waals surface area contributed by atoms with Crippen LogP contribution in [0, 0.1) is 23.5 Å². The number of oxazole rings is 1. The highest BCUT2D eigenvalue weighted by Gasteiger charge is 2.37. The van der Waals surface area contributed by atoms with Gasteiger partial charge in [-0.2, -0.15) is 0 Å². The van der Waals surface area contributed by atoms with Crippen molar-refractivity contribution in [2.75, 3.05) is 39.3 Å². The van der Waals surface area contributed by atoms with Crippen LogP contribution in [0.4, 0.5) is 8.78 Å². The standard InChI is InChI=1S/C24H26FN3O3.C16H22FN/c1-24(14-21(27-31-24)18-4-7-20-22(13-18)30-23(29)26-20)15-28-10-8-17(9-11-28)12-16-2-5-19(25)6-3-16;1-13(2)12-18-9-7-15(8-10-18)11-14-3-5-16(17)6-4-14/h2-7,13,17H,8-12,14-15H2,1H3,(H,26,29);3-6,15H,1,7-12H2,2H3. The highest BCUT2D eigenvalue weighted by Crippen LogP contribution is 2.31. The lowest BCUT2D eigenvalue weighted by molar-refractivity contribution is -0.0345. The number of rotatable bonds is 9. The second kappa shape index (κ2) is 15.6. The minimum absolute atomic E-state index is 0.143. The van der Waals surface area contributed by atoms with Crippen molar-refractivity contribution in [2.45, 2.75) is 64.4 Å². The number of aromatic amines is 1. The van der Waals surface area contributed by atoms with Crippen LogP contribution >= 0.6 is 0 Å². The Bertz CT molecular complexity index is 1780. The molecule has 1 unspecified atom stereocenters. The molecule has 0 saturated carbocycles. The quantitative estimate of drug-likeness (QED) is 0.184. The molecule has 49 heavy (non-hydrogen) atoms. The highest BCUT2D eigenvalue weighted by molar-refractivity contribution is 6.03. The molecule has 0 amide bonds. The first-order chi connectivity index (χ1) is 23.6. The molecule has 3 aliphatic rings. The van der Waals surface area contributed by atoms with E-state index in [1.54, 1.807) is 24.3 Å². The maximum atomic E-state index is 13.1. The second-order valence-electron chi connectivity index (χ2n) is 14.5. The lowest BCUT2D eigenvalue weighted by atomic mass is 9.89. The number of nitrogens with zero attached hydrogens (tertiary/aromatic N) is 3. The number of piperidine rings is 2. The molecular weight excluding hydrogens is 622 g/mol. The van der Waals surface area contributed by atoms with E-state index in [0.29, 0.717) is 23.4 Å². The molecule has 9 heteroatoms.